The molecule has 1 unspecified atom stereocenters. The number of hydrogen-bond donors (Lipinski definition) is 2. The molecule has 0 fully saturated rings. The summed E-state index contributed by atoms with van der Waals surface area (Å²) in [5, 5.41) is 8.11. The van der Waals surface area contributed by atoms with Crippen molar-refractivity contribution in [1.29, 1.82) is 0 Å². The van der Waals surface area contributed by atoms with Crippen LogP contribution in [0.1, 0.15) is 45.7 Å². The number of hydrogen-bond acceptors (Lipinski definition) is 4. The third-order valence-corrected chi connectivity index (χ3v) is 3.60. The van der Waals surface area contributed by atoms with E-state index in [1.807, 2.05) is 10.7 Å². The molecule has 5 heteroatoms. The average Bonchev–Trinajstić information content (AvgIpc) is 2.83. The maximum absolute atomic E-state index is 5.70. The highest BCUT2D eigenvalue weighted by Gasteiger charge is 2.16. The lowest BCUT2D eigenvalue weighted by molar-refractivity contribution is 0.497. The second-order valence-corrected chi connectivity index (χ2v) is 5.90. The van der Waals surface area contributed by atoms with Crippen molar-refractivity contribution in [3.63, 3.8) is 0 Å². The van der Waals surface area contributed by atoms with Gasteiger partial charge in [-0.05, 0) is 30.9 Å². The monoisotopic (exact) mass is 275 g/mol. The van der Waals surface area contributed by atoms with Gasteiger partial charge in [0.1, 0.15) is 5.52 Å². The van der Waals surface area contributed by atoms with Crippen molar-refractivity contribution in [2.45, 2.75) is 46.1 Å². The van der Waals surface area contributed by atoms with Gasteiger partial charge in [-0.2, -0.15) is 5.10 Å². The molecular weight excluding hydrogens is 250 g/mol. The fourth-order valence-corrected chi connectivity index (χ4v) is 2.26. The predicted molar refractivity (Wildman–Crippen MR) is 83.0 cm³/mol. The van der Waals surface area contributed by atoms with Crippen LogP contribution in [0.3, 0.4) is 0 Å². The van der Waals surface area contributed by atoms with Crippen molar-refractivity contribution >= 4 is 11.3 Å². The first kappa shape index (κ1) is 14.8. The second kappa shape index (κ2) is 6.22. The largest absolute Gasteiger partial charge is 0.365 e. The molecule has 2 heterocycles. The topological polar surface area (TPSA) is 68.2 Å². The number of fused-ring (bicyclic) bond motifs is 1. The van der Waals surface area contributed by atoms with E-state index in [-0.39, 0.29) is 0 Å². The number of nitrogens with one attached hydrogen (secondary N) is 1. The molecule has 2 aromatic heterocycles. The lowest BCUT2D eigenvalue weighted by atomic mass is 10.0. The first-order valence-corrected chi connectivity index (χ1v) is 7.33. The van der Waals surface area contributed by atoms with Crippen molar-refractivity contribution < 1.29 is 0 Å². The Labute approximate surface area is 120 Å². The first-order chi connectivity index (χ1) is 9.52. The standard InChI is InChI=1S/C15H25N5/c1-10(2)12(5-6-16)18-15-14-9-13(11(3)4)19-20(14)8-7-17-15/h7-12H,5-6,16H2,1-4H3,(H,17,18). The van der Waals surface area contributed by atoms with E-state index in [1.165, 1.54) is 0 Å². The highest BCUT2D eigenvalue weighted by Crippen LogP contribution is 2.22. The van der Waals surface area contributed by atoms with Crippen LogP contribution < -0.4 is 11.1 Å². The minimum atomic E-state index is 0.330. The van der Waals surface area contributed by atoms with E-state index in [1.54, 1.807) is 6.20 Å². The van der Waals surface area contributed by atoms with Crippen molar-refractivity contribution in [3.05, 3.63) is 24.2 Å². The molecule has 110 valence electrons. The van der Waals surface area contributed by atoms with Crippen LogP contribution in [0.2, 0.25) is 0 Å². The molecular formula is C15H25N5. The molecule has 3 N–H and O–H groups in total. The lowest BCUT2D eigenvalue weighted by Gasteiger charge is -2.22. The molecule has 0 aromatic carbocycles. The van der Waals surface area contributed by atoms with E-state index in [0.29, 0.717) is 24.4 Å². The van der Waals surface area contributed by atoms with Gasteiger partial charge in [-0.25, -0.2) is 9.50 Å². The number of nitrogens with zero attached hydrogens (tertiary/aromatic N) is 3. The zero-order chi connectivity index (χ0) is 14.7. The van der Waals surface area contributed by atoms with Gasteiger partial charge in [0.15, 0.2) is 5.82 Å². The number of rotatable bonds is 6. The van der Waals surface area contributed by atoms with Crippen LogP contribution >= 0.6 is 0 Å². The predicted octanol–water partition coefficient (Wildman–Crippen LogP) is 2.64. The second-order valence-electron chi connectivity index (χ2n) is 5.90. The molecule has 0 saturated heterocycles. The van der Waals surface area contributed by atoms with E-state index in [9.17, 15) is 0 Å². The van der Waals surface area contributed by atoms with Crippen molar-refractivity contribution in [1.82, 2.24) is 14.6 Å². The van der Waals surface area contributed by atoms with Crippen LogP contribution in [0.5, 0.6) is 0 Å². The molecule has 0 radical (unpaired) electrons. The van der Waals surface area contributed by atoms with Gasteiger partial charge in [0.25, 0.3) is 0 Å². The van der Waals surface area contributed by atoms with Gasteiger partial charge < -0.3 is 11.1 Å². The van der Waals surface area contributed by atoms with Crippen LogP contribution in [0.15, 0.2) is 18.5 Å². The van der Waals surface area contributed by atoms with Gasteiger partial charge in [0.05, 0.1) is 5.69 Å². The summed E-state index contributed by atoms with van der Waals surface area (Å²) >= 11 is 0. The minimum absolute atomic E-state index is 0.330. The van der Waals surface area contributed by atoms with Gasteiger partial charge in [-0.3, -0.25) is 0 Å². The average molecular weight is 275 g/mol. The fraction of sp³-hybridized carbons (Fsp3) is 0.600. The molecule has 0 aliphatic carbocycles. The van der Waals surface area contributed by atoms with E-state index < -0.39 is 0 Å². The summed E-state index contributed by atoms with van der Waals surface area (Å²) in [6.45, 7) is 9.36. The van der Waals surface area contributed by atoms with Crippen molar-refractivity contribution in [2.24, 2.45) is 11.7 Å². The zero-order valence-electron chi connectivity index (χ0n) is 12.8. The molecule has 0 saturated carbocycles. The quantitative estimate of drug-likeness (QED) is 0.850. The van der Waals surface area contributed by atoms with Crippen LogP contribution in [0, 0.1) is 5.92 Å². The van der Waals surface area contributed by atoms with E-state index in [2.05, 4.69) is 49.2 Å². The summed E-state index contributed by atoms with van der Waals surface area (Å²) in [6.07, 6.45) is 4.61. The van der Waals surface area contributed by atoms with Crippen LogP contribution in [0.4, 0.5) is 5.82 Å². The highest BCUT2D eigenvalue weighted by molar-refractivity contribution is 5.68. The lowest BCUT2D eigenvalue weighted by Crippen LogP contribution is -2.29. The van der Waals surface area contributed by atoms with E-state index in [0.717, 1.165) is 23.4 Å². The SMILES string of the molecule is CC(C)c1cc2c(NC(CCN)C(C)C)nccn2n1. The Kier molecular flexibility index (Phi) is 4.60. The Bertz CT molecular complexity index is 558. The Balaban J connectivity index is 2.33. The molecule has 2 aromatic rings. The van der Waals surface area contributed by atoms with Gasteiger partial charge in [-0.15, -0.1) is 0 Å². The molecule has 0 aliphatic heterocycles. The molecule has 0 aliphatic rings. The van der Waals surface area contributed by atoms with Crippen LogP contribution in [-0.4, -0.2) is 27.2 Å². The summed E-state index contributed by atoms with van der Waals surface area (Å²) in [5.41, 5.74) is 7.81. The van der Waals surface area contributed by atoms with Gasteiger partial charge in [0.2, 0.25) is 0 Å². The zero-order valence-corrected chi connectivity index (χ0v) is 12.8. The molecule has 1 atom stereocenters. The Morgan fingerprint density at radius 2 is 2.05 bits per heavy atom. The Morgan fingerprint density at radius 1 is 1.30 bits per heavy atom. The molecule has 2 rings (SSSR count). The molecule has 0 spiro atoms. The van der Waals surface area contributed by atoms with Gasteiger partial charge in [-0.1, -0.05) is 27.7 Å². The summed E-state index contributed by atoms with van der Waals surface area (Å²) in [6, 6.07) is 2.44. The number of anilines is 1. The summed E-state index contributed by atoms with van der Waals surface area (Å²) < 4.78 is 1.89. The number of nitrogens with two attached hydrogens (primary N) is 1. The minimum Gasteiger partial charge on any atom is -0.365 e. The molecule has 0 bridgehead atoms. The summed E-state index contributed by atoms with van der Waals surface area (Å²) in [4.78, 5) is 4.47. The van der Waals surface area contributed by atoms with E-state index >= 15 is 0 Å². The van der Waals surface area contributed by atoms with Crippen LogP contribution in [0.25, 0.3) is 5.52 Å². The normalized spacial score (nSPS) is 13.3. The highest BCUT2D eigenvalue weighted by atomic mass is 15.2. The Morgan fingerprint density at radius 3 is 2.65 bits per heavy atom. The first-order valence-electron chi connectivity index (χ1n) is 7.33. The van der Waals surface area contributed by atoms with Crippen molar-refractivity contribution in [2.75, 3.05) is 11.9 Å². The van der Waals surface area contributed by atoms with Gasteiger partial charge >= 0.3 is 0 Å². The maximum atomic E-state index is 5.70. The maximum Gasteiger partial charge on any atom is 0.152 e. The molecule has 0 amide bonds. The third kappa shape index (κ3) is 3.10. The molecule has 5 nitrogen and oxygen atoms in total. The van der Waals surface area contributed by atoms with Gasteiger partial charge in [0, 0.05) is 18.4 Å². The summed E-state index contributed by atoms with van der Waals surface area (Å²) in [7, 11) is 0. The fourth-order valence-electron chi connectivity index (χ4n) is 2.26. The third-order valence-electron chi connectivity index (χ3n) is 3.60. The van der Waals surface area contributed by atoms with E-state index in [4.69, 9.17) is 5.73 Å². The molecule has 20 heavy (non-hydrogen) atoms. The van der Waals surface area contributed by atoms with Crippen molar-refractivity contribution in [3.8, 4) is 0 Å². The Hall–Kier alpha value is -1.62. The van der Waals surface area contributed by atoms with Crippen LogP contribution in [-0.2, 0) is 0 Å². The smallest absolute Gasteiger partial charge is 0.152 e. The summed E-state index contributed by atoms with van der Waals surface area (Å²) in [5.74, 6) is 1.81. The number of aromatic nitrogens is 3.